The van der Waals surface area contributed by atoms with E-state index >= 15 is 0 Å². The first-order chi connectivity index (χ1) is 10.5. The number of halogens is 1. The van der Waals surface area contributed by atoms with E-state index in [1.165, 1.54) is 6.92 Å². The van der Waals surface area contributed by atoms with Gasteiger partial charge in [-0.05, 0) is 24.6 Å². The van der Waals surface area contributed by atoms with Crippen molar-refractivity contribution in [3.8, 4) is 0 Å². The topological polar surface area (TPSA) is 58.9 Å². The maximum absolute atomic E-state index is 12.4. The average Bonchev–Trinajstić information content (AvgIpc) is 2.54. The number of benzene rings is 2. The first-order valence-electron chi connectivity index (χ1n) is 6.77. The van der Waals surface area contributed by atoms with Crippen molar-refractivity contribution in [1.82, 2.24) is 0 Å². The molecule has 0 amide bonds. The van der Waals surface area contributed by atoms with Gasteiger partial charge in [-0.25, -0.2) is 0 Å². The van der Waals surface area contributed by atoms with Gasteiger partial charge < -0.3 is 0 Å². The Labute approximate surface area is 133 Å². The summed E-state index contributed by atoms with van der Waals surface area (Å²) < 4.78 is 0. The van der Waals surface area contributed by atoms with Gasteiger partial charge in [0.1, 0.15) is 0 Å². The van der Waals surface area contributed by atoms with Crippen LogP contribution in [0.5, 0.6) is 0 Å². The molecule has 0 aliphatic rings. The van der Waals surface area contributed by atoms with Crippen LogP contribution in [0.4, 0.5) is 5.69 Å². The van der Waals surface area contributed by atoms with Gasteiger partial charge in [-0.3, -0.25) is 9.59 Å². The first kappa shape index (κ1) is 16.0. The fourth-order valence-corrected chi connectivity index (χ4v) is 1.95. The summed E-state index contributed by atoms with van der Waals surface area (Å²) in [6.45, 7) is 1.24. The van der Waals surface area contributed by atoms with Crippen LogP contribution in [-0.4, -0.2) is 16.6 Å². The number of hydrogen-bond donors (Lipinski definition) is 0. The summed E-state index contributed by atoms with van der Waals surface area (Å²) in [5.41, 5.74) is 1.30. The van der Waals surface area contributed by atoms with Crippen LogP contribution in [-0.2, 0) is 16.0 Å². The van der Waals surface area contributed by atoms with Crippen molar-refractivity contribution < 1.29 is 9.59 Å². The van der Waals surface area contributed by atoms with E-state index in [4.69, 9.17) is 11.6 Å². The summed E-state index contributed by atoms with van der Waals surface area (Å²) >= 11 is 6.16. The molecular weight excluding hydrogens is 300 g/mol. The summed E-state index contributed by atoms with van der Waals surface area (Å²) in [5.74, 6) is -1.04. The largest absolute Gasteiger partial charge is 0.295 e. The van der Waals surface area contributed by atoms with Gasteiger partial charge in [0, 0.05) is 6.42 Å². The molecule has 0 saturated carbocycles. The molecule has 0 heterocycles. The Morgan fingerprint density at radius 2 is 1.55 bits per heavy atom. The molecular formula is C17H15ClN2O2. The van der Waals surface area contributed by atoms with Crippen LogP contribution in [0.1, 0.15) is 12.5 Å². The highest BCUT2D eigenvalue weighted by molar-refractivity contribution is 6.46. The standard InChI is InChI=1S/C17H15ClN2O2/c1-13(21)17(18,20-19-15-10-6-3-7-11-15)16(22)12-14-8-4-2-5-9-14/h2-11H,12H2,1H3/b20-19+. The number of rotatable bonds is 6. The maximum Gasteiger partial charge on any atom is 0.269 e. The molecule has 0 radical (unpaired) electrons. The Hall–Kier alpha value is -2.33. The first-order valence-corrected chi connectivity index (χ1v) is 7.15. The third-order valence-corrected chi connectivity index (χ3v) is 3.66. The lowest BCUT2D eigenvalue weighted by atomic mass is 10.0. The van der Waals surface area contributed by atoms with E-state index < -0.39 is 16.6 Å². The number of ketones is 2. The van der Waals surface area contributed by atoms with Crippen molar-refractivity contribution >= 4 is 28.9 Å². The second-order valence-corrected chi connectivity index (χ2v) is 5.35. The number of Topliss-reactive ketones (excluding diaryl/α,β-unsaturated/α-hetero) is 2. The summed E-state index contributed by atoms with van der Waals surface area (Å²) in [7, 11) is 0. The van der Waals surface area contributed by atoms with E-state index in [1.54, 1.807) is 36.4 Å². The number of azo groups is 1. The van der Waals surface area contributed by atoms with Crippen LogP contribution >= 0.6 is 11.6 Å². The predicted octanol–water partition coefficient (Wildman–Crippen LogP) is 4.11. The zero-order chi connectivity index (χ0) is 16.0. The Balaban J connectivity index is 2.22. The maximum atomic E-state index is 12.4. The summed E-state index contributed by atoms with van der Waals surface area (Å²) in [5, 5.41) is 7.73. The van der Waals surface area contributed by atoms with Crippen molar-refractivity contribution in [1.29, 1.82) is 0 Å². The molecule has 1 atom stereocenters. The monoisotopic (exact) mass is 314 g/mol. The number of alkyl halides is 1. The molecule has 0 bridgehead atoms. The highest BCUT2D eigenvalue weighted by Gasteiger charge is 2.41. The van der Waals surface area contributed by atoms with Gasteiger partial charge in [0.25, 0.3) is 5.00 Å². The van der Waals surface area contributed by atoms with E-state index in [2.05, 4.69) is 10.2 Å². The minimum Gasteiger partial charge on any atom is -0.295 e. The zero-order valence-corrected chi connectivity index (χ0v) is 12.8. The molecule has 0 saturated heterocycles. The summed E-state index contributed by atoms with van der Waals surface area (Å²) in [6.07, 6.45) is 0.0255. The van der Waals surface area contributed by atoms with E-state index in [-0.39, 0.29) is 6.42 Å². The Bertz CT molecular complexity index is 686. The van der Waals surface area contributed by atoms with Crippen molar-refractivity contribution in [2.24, 2.45) is 10.2 Å². The van der Waals surface area contributed by atoms with E-state index in [0.717, 1.165) is 5.56 Å². The molecule has 0 aliphatic carbocycles. The molecule has 5 heteroatoms. The van der Waals surface area contributed by atoms with E-state index in [1.807, 2.05) is 24.3 Å². The lowest BCUT2D eigenvalue weighted by Gasteiger charge is -2.16. The van der Waals surface area contributed by atoms with Crippen molar-refractivity contribution in [2.75, 3.05) is 0 Å². The van der Waals surface area contributed by atoms with Crippen LogP contribution in [0.15, 0.2) is 70.9 Å². The lowest BCUT2D eigenvalue weighted by molar-refractivity contribution is -0.129. The van der Waals surface area contributed by atoms with Crippen molar-refractivity contribution in [2.45, 2.75) is 18.3 Å². The van der Waals surface area contributed by atoms with Gasteiger partial charge in [0.05, 0.1) is 5.69 Å². The molecule has 2 aromatic rings. The van der Waals surface area contributed by atoms with Crippen LogP contribution in [0.2, 0.25) is 0 Å². The zero-order valence-electron chi connectivity index (χ0n) is 12.1. The van der Waals surface area contributed by atoms with Gasteiger partial charge in [0.2, 0.25) is 0 Å². The molecule has 4 nitrogen and oxygen atoms in total. The smallest absolute Gasteiger partial charge is 0.269 e. The molecule has 2 aromatic carbocycles. The highest BCUT2D eigenvalue weighted by Crippen LogP contribution is 2.25. The number of carbonyl (C=O) groups excluding carboxylic acids is 2. The molecule has 112 valence electrons. The van der Waals surface area contributed by atoms with Crippen LogP contribution in [0, 0.1) is 0 Å². The van der Waals surface area contributed by atoms with Crippen molar-refractivity contribution in [3.05, 3.63) is 66.2 Å². The second-order valence-electron chi connectivity index (χ2n) is 4.80. The minimum absolute atomic E-state index is 0.0255. The Morgan fingerprint density at radius 3 is 2.09 bits per heavy atom. The second kappa shape index (κ2) is 7.09. The van der Waals surface area contributed by atoms with Crippen LogP contribution < -0.4 is 0 Å². The van der Waals surface area contributed by atoms with Gasteiger partial charge >= 0.3 is 0 Å². The van der Waals surface area contributed by atoms with Crippen molar-refractivity contribution in [3.63, 3.8) is 0 Å². The highest BCUT2D eigenvalue weighted by atomic mass is 35.5. The SMILES string of the molecule is CC(=O)C(Cl)(/N=N/c1ccccc1)C(=O)Cc1ccccc1. The number of nitrogens with zero attached hydrogens (tertiary/aromatic N) is 2. The van der Waals surface area contributed by atoms with Gasteiger partial charge in [-0.2, -0.15) is 5.11 Å². The summed E-state index contributed by atoms with van der Waals surface area (Å²) in [4.78, 5) is 22.2. The average molecular weight is 315 g/mol. The molecule has 0 aliphatic heterocycles. The molecule has 0 spiro atoms. The summed E-state index contributed by atoms with van der Waals surface area (Å²) in [6, 6.07) is 17.9. The number of carbonyl (C=O) groups is 2. The molecule has 1 unspecified atom stereocenters. The van der Waals surface area contributed by atoms with Gasteiger partial charge in [-0.15, -0.1) is 5.11 Å². The van der Waals surface area contributed by atoms with Gasteiger partial charge in [-0.1, -0.05) is 60.1 Å². The number of hydrogen-bond acceptors (Lipinski definition) is 4. The molecule has 0 aromatic heterocycles. The molecule has 2 rings (SSSR count). The third kappa shape index (κ3) is 3.86. The fourth-order valence-electron chi connectivity index (χ4n) is 1.84. The molecule has 22 heavy (non-hydrogen) atoms. The Kier molecular flexibility index (Phi) is 5.17. The Morgan fingerprint density at radius 1 is 1.00 bits per heavy atom. The van der Waals surface area contributed by atoms with Gasteiger partial charge in [0.15, 0.2) is 11.6 Å². The third-order valence-electron chi connectivity index (χ3n) is 3.10. The quantitative estimate of drug-likeness (QED) is 0.349. The molecule has 0 fully saturated rings. The minimum atomic E-state index is -1.98. The fraction of sp³-hybridized carbons (Fsp3) is 0.176. The van der Waals surface area contributed by atoms with E-state index in [0.29, 0.717) is 5.69 Å². The normalized spacial score (nSPS) is 13.7. The van der Waals surface area contributed by atoms with Crippen LogP contribution in [0.25, 0.3) is 0 Å². The van der Waals surface area contributed by atoms with Crippen LogP contribution in [0.3, 0.4) is 0 Å². The predicted molar refractivity (Wildman–Crippen MR) is 85.4 cm³/mol. The lowest BCUT2D eigenvalue weighted by Crippen LogP contribution is -2.38. The van der Waals surface area contributed by atoms with E-state index in [9.17, 15) is 9.59 Å². The molecule has 0 N–H and O–H groups in total.